The van der Waals surface area contributed by atoms with Crippen molar-refractivity contribution in [2.24, 2.45) is 5.41 Å². The molecular formula is C15H20O6. The molecule has 1 N–H and O–H groups in total. The smallest absolute Gasteiger partial charge is 0.330 e. The van der Waals surface area contributed by atoms with Gasteiger partial charge in [-0.3, -0.25) is 4.79 Å². The van der Waals surface area contributed by atoms with Gasteiger partial charge in [0.2, 0.25) is 0 Å². The number of hydrogen-bond acceptors (Lipinski definition) is 6. The minimum Gasteiger partial charge on any atom is -0.462 e. The lowest BCUT2D eigenvalue weighted by atomic mass is 9.85. The van der Waals surface area contributed by atoms with E-state index < -0.39 is 24.0 Å². The van der Waals surface area contributed by atoms with Gasteiger partial charge in [-0.2, -0.15) is 0 Å². The molecule has 0 unspecified atom stereocenters. The summed E-state index contributed by atoms with van der Waals surface area (Å²) in [6.45, 7) is 9.04. The van der Waals surface area contributed by atoms with E-state index in [2.05, 4.69) is 19.7 Å². The highest BCUT2D eigenvalue weighted by Crippen LogP contribution is 2.25. The van der Waals surface area contributed by atoms with Crippen LogP contribution in [0.15, 0.2) is 38.0 Å². The predicted octanol–water partition coefficient (Wildman–Crippen LogP) is 0.959. The Balaban J connectivity index is 4.87. The van der Waals surface area contributed by atoms with Crippen LogP contribution in [0.2, 0.25) is 0 Å². The summed E-state index contributed by atoms with van der Waals surface area (Å²) in [6, 6.07) is 0. The molecule has 0 spiro atoms. The first-order chi connectivity index (χ1) is 9.92. The van der Waals surface area contributed by atoms with Crippen LogP contribution in [-0.2, 0) is 23.9 Å². The van der Waals surface area contributed by atoms with E-state index in [0.717, 1.165) is 18.2 Å². The van der Waals surface area contributed by atoms with E-state index in [0.29, 0.717) is 0 Å². The molecule has 0 saturated heterocycles. The Hall–Kier alpha value is -2.21. The Kier molecular flexibility index (Phi) is 8.64. The van der Waals surface area contributed by atoms with Gasteiger partial charge in [0.05, 0.1) is 12.0 Å². The molecule has 6 nitrogen and oxygen atoms in total. The molecule has 0 saturated carbocycles. The second kappa shape index (κ2) is 9.66. The third kappa shape index (κ3) is 7.22. The van der Waals surface area contributed by atoms with E-state index in [4.69, 9.17) is 9.47 Å². The van der Waals surface area contributed by atoms with Gasteiger partial charge in [0.25, 0.3) is 0 Å². The topological polar surface area (TPSA) is 89.9 Å². The van der Waals surface area contributed by atoms with Crippen molar-refractivity contribution in [1.29, 1.82) is 0 Å². The molecule has 0 atom stereocenters. The Morgan fingerprint density at radius 1 is 0.952 bits per heavy atom. The number of hydrogen-bond donors (Lipinski definition) is 1. The lowest BCUT2D eigenvalue weighted by Crippen LogP contribution is -2.38. The molecule has 0 heterocycles. The van der Waals surface area contributed by atoms with E-state index >= 15 is 0 Å². The standard InChI is InChI=1S/C15H20O6/c1-4-12(17)7-8-15(9-16,10-20-13(18)5-2)11-21-14(19)6-3/h4-6,16H,1-3,7-11H2. The van der Waals surface area contributed by atoms with Gasteiger partial charge < -0.3 is 14.6 Å². The number of aliphatic hydroxyl groups is 1. The second-order valence-corrected chi connectivity index (χ2v) is 4.45. The molecule has 116 valence electrons. The molecule has 0 aliphatic heterocycles. The van der Waals surface area contributed by atoms with Crippen LogP contribution in [0.3, 0.4) is 0 Å². The molecule has 0 aliphatic carbocycles. The molecule has 0 amide bonds. The Morgan fingerprint density at radius 2 is 1.43 bits per heavy atom. The molecule has 0 fully saturated rings. The summed E-state index contributed by atoms with van der Waals surface area (Å²) in [5.41, 5.74) is -1.06. The molecule has 0 aromatic carbocycles. The molecule has 6 heteroatoms. The van der Waals surface area contributed by atoms with Crippen molar-refractivity contribution in [3.8, 4) is 0 Å². The van der Waals surface area contributed by atoms with Crippen molar-refractivity contribution in [3.05, 3.63) is 38.0 Å². The minimum atomic E-state index is -1.06. The van der Waals surface area contributed by atoms with Crippen LogP contribution < -0.4 is 0 Å². The monoisotopic (exact) mass is 296 g/mol. The van der Waals surface area contributed by atoms with Gasteiger partial charge >= 0.3 is 11.9 Å². The summed E-state index contributed by atoms with van der Waals surface area (Å²) in [5.74, 6) is -1.56. The molecule has 0 rings (SSSR count). The predicted molar refractivity (Wildman–Crippen MR) is 76.3 cm³/mol. The van der Waals surface area contributed by atoms with E-state index in [-0.39, 0.29) is 31.8 Å². The van der Waals surface area contributed by atoms with Crippen LogP contribution in [0.1, 0.15) is 12.8 Å². The molecule has 0 bridgehead atoms. The minimum absolute atomic E-state index is 0.0847. The zero-order valence-corrected chi connectivity index (χ0v) is 11.9. The molecule has 0 aromatic rings. The summed E-state index contributed by atoms with van der Waals surface area (Å²) >= 11 is 0. The van der Waals surface area contributed by atoms with Crippen LogP contribution in [0.25, 0.3) is 0 Å². The highest BCUT2D eigenvalue weighted by Gasteiger charge is 2.33. The average Bonchev–Trinajstić information content (AvgIpc) is 2.53. The van der Waals surface area contributed by atoms with Gasteiger partial charge in [-0.05, 0) is 12.5 Å². The van der Waals surface area contributed by atoms with E-state index in [1.807, 2.05) is 0 Å². The zero-order chi connectivity index (χ0) is 16.3. The summed E-state index contributed by atoms with van der Waals surface area (Å²) in [7, 11) is 0. The van der Waals surface area contributed by atoms with Crippen molar-refractivity contribution in [1.82, 2.24) is 0 Å². The van der Waals surface area contributed by atoms with Gasteiger partial charge in [0.15, 0.2) is 5.78 Å². The van der Waals surface area contributed by atoms with Gasteiger partial charge in [-0.25, -0.2) is 9.59 Å². The first-order valence-corrected chi connectivity index (χ1v) is 6.27. The number of carbonyl (C=O) groups is 3. The number of ether oxygens (including phenoxy) is 2. The fourth-order valence-corrected chi connectivity index (χ4v) is 1.41. The van der Waals surface area contributed by atoms with Crippen molar-refractivity contribution in [3.63, 3.8) is 0 Å². The third-order valence-corrected chi connectivity index (χ3v) is 2.84. The number of aliphatic hydroxyl groups excluding tert-OH is 1. The molecular weight excluding hydrogens is 276 g/mol. The lowest BCUT2D eigenvalue weighted by Gasteiger charge is -2.30. The quantitative estimate of drug-likeness (QED) is 0.451. The van der Waals surface area contributed by atoms with Crippen LogP contribution in [0.5, 0.6) is 0 Å². The Bertz CT molecular complexity index is 364. The fourth-order valence-electron chi connectivity index (χ4n) is 1.41. The largest absolute Gasteiger partial charge is 0.462 e. The van der Waals surface area contributed by atoms with E-state index in [1.165, 1.54) is 0 Å². The van der Waals surface area contributed by atoms with Crippen LogP contribution in [0.4, 0.5) is 0 Å². The third-order valence-electron chi connectivity index (χ3n) is 2.84. The highest BCUT2D eigenvalue weighted by atomic mass is 16.5. The summed E-state index contributed by atoms with van der Waals surface area (Å²) < 4.78 is 9.82. The SMILES string of the molecule is C=CC(=O)CCC(CO)(COC(=O)C=C)COC(=O)C=C. The normalized spacial score (nSPS) is 10.3. The van der Waals surface area contributed by atoms with Crippen LogP contribution in [0, 0.1) is 5.41 Å². The van der Waals surface area contributed by atoms with E-state index in [1.54, 1.807) is 0 Å². The number of ketones is 1. The van der Waals surface area contributed by atoms with Crippen molar-refractivity contribution in [2.45, 2.75) is 12.8 Å². The maximum Gasteiger partial charge on any atom is 0.330 e. The molecule has 0 aromatic heterocycles. The van der Waals surface area contributed by atoms with Crippen LogP contribution >= 0.6 is 0 Å². The van der Waals surface area contributed by atoms with Gasteiger partial charge in [-0.15, -0.1) is 0 Å². The number of carbonyl (C=O) groups excluding carboxylic acids is 3. The number of allylic oxidation sites excluding steroid dienone is 1. The molecule has 0 radical (unpaired) electrons. The van der Waals surface area contributed by atoms with Crippen LogP contribution in [-0.4, -0.2) is 42.6 Å². The summed E-state index contributed by atoms with van der Waals surface area (Å²) in [5, 5.41) is 9.56. The first kappa shape index (κ1) is 18.8. The average molecular weight is 296 g/mol. The van der Waals surface area contributed by atoms with Gasteiger partial charge in [0, 0.05) is 18.6 Å². The first-order valence-electron chi connectivity index (χ1n) is 6.27. The zero-order valence-electron chi connectivity index (χ0n) is 11.9. The van der Waals surface area contributed by atoms with Gasteiger partial charge in [-0.1, -0.05) is 19.7 Å². The van der Waals surface area contributed by atoms with E-state index in [9.17, 15) is 19.5 Å². The Morgan fingerprint density at radius 3 is 1.76 bits per heavy atom. The second-order valence-electron chi connectivity index (χ2n) is 4.45. The molecule has 21 heavy (non-hydrogen) atoms. The maximum absolute atomic E-state index is 11.3. The highest BCUT2D eigenvalue weighted by molar-refractivity contribution is 5.89. The number of esters is 2. The molecule has 0 aliphatic rings. The summed E-state index contributed by atoms with van der Waals surface area (Å²) in [4.78, 5) is 33.6. The Labute approximate surface area is 123 Å². The van der Waals surface area contributed by atoms with Crippen molar-refractivity contribution < 1.29 is 29.0 Å². The maximum atomic E-state index is 11.3. The fraction of sp³-hybridized carbons (Fsp3) is 0.400. The lowest BCUT2D eigenvalue weighted by molar-refractivity contribution is -0.150. The van der Waals surface area contributed by atoms with Crippen molar-refractivity contribution >= 4 is 17.7 Å². The summed E-state index contributed by atoms with van der Waals surface area (Å²) in [6.07, 6.45) is 3.37. The van der Waals surface area contributed by atoms with Crippen molar-refractivity contribution in [2.75, 3.05) is 19.8 Å². The number of rotatable bonds is 11. The van der Waals surface area contributed by atoms with Gasteiger partial charge in [0.1, 0.15) is 13.2 Å².